The number of fused-ring (bicyclic) bond motifs is 1. The van der Waals surface area contributed by atoms with E-state index in [4.69, 9.17) is 0 Å². The lowest BCUT2D eigenvalue weighted by molar-refractivity contribution is 0.911. The number of rotatable bonds is 6. The Morgan fingerprint density at radius 3 is 2.62 bits per heavy atom. The zero-order valence-corrected chi connectivity index (χ0v) is 16.1. The Balaban J connectivity index is 1.95. The summed E-state index contributed by atoms with van der Waals surface area (Å²) in [5.41, 5.74) is 5.97. The van der Waals surface area contributed by atoms with E-state index < -0.39 is 0 Å². The van der Waals surface area contributed by atoms with Gasteiger partial charge in [-0.1, -0.05) is 38.1 Å². The summed E-state index contributed by atoms with van der Waals surface area (Å²) in [5, 5.41) is 5.62. The number of allylic oxidation sites excluding steroid dienone is 1. The van der Waals surface area contributed by atoms with Crippen molar-refractivity contribution >= 4 is 22.3 Å². The van der Waals surface area contributed by atoms with Crippen molar-refractivity contribution in [3.8, 4) is 11.1 Å². The van der Waals surface area contributed by atoms with Gasteiger partial charge in [-0.05, 0) is 59.7 Å². The fourth-order valence-corrected chi connectivity index (χ4v) is 3.12. The molecule has 0 saturated heterocycles. The molecule has 3 nitrogen and oxygen atoms in total. The zero-order chi connectivity index (χ0) is 18.7. The lowest BCUT2D eigenvalue weighted by atomic mass is 9.97. The van der Waals surface area contributed by atoms with Crippen LogP contribution in [0.15, 0.2) is 60.9 Å². The molecule has 0 unspecified atom stereocenters. The largest absolute Gasteiger partial charge is 0.378 e. The van der Waals surface area contributed by atoms with E-state index in [0.29, 0.717) is 0 Å². The number of aryl methyl sites for hydroxylation is 1. The molecule has 3 aromatic rings. The average molecular weight is 345 g/mol. The summed E-state index contributed by atoms with van der Waals surface area (Å²) < 4.78 is 0. The van der Waals surface area contributed by atoms with Crippen LogP contribution < -0.4 is 10.2 Å². The molecule has 0 saturated carbocycles. The first-order valence-electron chi connectivity index (χ1n) is 9.11. The first-order valence-corrected chi connectivity index (χ1v) is 9.11. The third-order valence-electron chi connectivity index (χ3n) is 4.63. The van der Waals surface area contributed by atoms with Gasteiger partial charge in [-0.25, -0.2) is 4.98 Å². The van der Waals surface area contributed by atoms with Crippen LogP contribution in [-0.2, 0) is 0 Å². The molecule has 2 aromatic carbocycles. The van der Waals surface area contributed by atoms with E-state index >= 15 is 0 Å². The Labute approximate surface area is 156 Å². The first-order chi connectivity index (χ1) is 12.5. The zero-order valence-electron chi connectivity index (χ0n) is 16.1. The van der Waals surface area contributed by atoms with Crippen LogP contribution in [0.4, 0.5) is 11.5 Å². The van der Waals surface area contributed by atoms with Crippen molar-refractivity contribution < 1.29 is 0 Å². The number of pyridine rings is 1. The number of hydrogen-bond acceptors (Lipinski definition) is 3. The first kappa shape index (κ1) is 18.0. The Morgan fingerprint density at radius 2 is 1.88 bits per heavy atom. The van der Waals surface area contributed by atoms with Crippen molar-refractivity contribution in [3.05, 3.63) is 66.5 Å². The molecule has 134 valence electrons. The molecule has 0 aliphatic rings. The van der Waals surface area contributed by atoms with Gasteiger partial charge < -0.3 is 10.2 Å². The average Bonchev–Trinajstić information content (AvgIpc) is 2.61. The van der Waals surface area contributed by atoms with E-state index in [2.05, 4.69) is 92.2 Å². The predicted octanol–water partition coefficient (Wildman–Crippen LogP) is 6.00. The summed E-state index contributed by atoms with van der Waals surface area (Å²) >= 11 is 0. The van der Waals surface area contributed by atoms with E-state index in [1.807, 2.05) is 6.20 Å². The van der Waals surface area contributed by atoms with Gasteiger partial charge in [-0.2, -0.15) is 0 Å². The molecule has 1 aromatic heterocycles. The fraction of sp³-hybridized carbons (Fsp3) is 0.261. The van der Waals surface area contributed by atoms with E-state index in [-0.39, 0.29) is 0 Å². The minimum absolute atomic E-state index is 0.856. The Hall–Kier alpha value is -2.81. The fourth-order valence-electron chi connectivity index (χ4n) is 3.12. The SMILES string of the molecule is C=C(CCC)Nc1cc2ccc(-c3cc(N(C)C)ccc3C)cc2cn1. The number of anilines is 2. The van der Waals surface area contributed by atoms with E-state index in [1.54, 1.807) is 0 Å². The van der Waals surface area contributed by atoms with Gasteiger partial charge in [0.15, 0.2) is 0 Å². The highest BCUT2D eigenvalue weighted by molar-refractivity contribution is 5.89. The van der Waals surface area contributed by atoms with Gasteiger partial charge >= 0.3 is 0 Å². The molecule has 26 heavy (non-hydrogen) atoms. The van der Waals surface area contributed by atoms with Crippen LogP contribution >= 0.6 is 0 Å². The summed E-state index contributed by atoms with van der Waals surface area (Å²) in [4.78, 5) is 6.68. The predicted molar refractivity (Wildman–Crippen MR) is 114 cm³/mol. The van der Waals surface area contributed by atoms with Crippen LogP contribution in [0.2, 0.25) is 0 Å². The molecule has 3 heteroatoms. The number of aromatic nitrogens is 1. The Morgan fingerprint density at radius 1 is 1.08 bits per heavy atom. The van der Waals surface area contributed by atoms with E-state index in [1.165, 1.54) is 27.8 Å². The van der Waals surface area contributed by atoms with Gasteiger partial charge in [0.2, 0.25) is 0 Å². The standard InChI is InChI=1S/C23H27N3/c1-6-7-17(3)25-23-13-18-9-10-19(12-20(18)15-24-23)22-14-21(26(4)5)11-8-16(22)2/h8-15H,3,6-7H2,1-2,4-5H3,(H,24,25). The highest BCUT2D eigenvalue weighted by atomic mass is 15.1. The van der Waals surface area contributed by atoms with Crippen molar-refractivity contribution in [1.29, 1.82) is 0 Å². The van der Waals surface area contributed by atoms with Crippen LogP contribution in [0.3, 0.4) is 0 Å². The lowest BCUT2D eigenvalue weighted by Crippen LogP contribution is -2.08. The molecule has 0 radical (unpaired) electrons. The molecule has 0 spiro atoms. The lowest BCUT2D eigenvalue weighted by Gasteiger charge is -2.16. The van der Waals surface area contributed by atoms with Gasteiger partial charge in [0, 0.05) is 37.1 Å². The molecule has 0 fully saturated rings. The topological polar surface area (TPSA) is 28.2 Å². The maximum Gasteiger partial charge on any atom is 0.130 e. The highest BCUT2D eigenvalue weighted by Crippen LogP contribution is 2.30. The molecule has 0 aliphatic carbocycles. The molecule has 0 aliphatic heterocycles. The summed E-state index contributed by atoms with van der Waals surface area (Å²) in [6.45, 7) is 8.36. The highest BCUT2D eigenvalue weighted by Gasteiger charge is 2.07. The molecule has 0 bridgehead atoms. The number of hydrogen-bond donors (Lipinski definition) is 1. The normalized spacial score (nSPS) is 10.8. The molecule has 3 rings (SSSR count). The van der Waals surface area contributed by atoms with E-state index in [9.17, 15) is 0 Å². The molecule has 1 N–H and O–H groups in total. The van der Waals surface area contributed by atoms with Gasteiger partial charge in [0.1, 0.15) is 5.82 Å². The second-order valence-corrected chi connectivity index (χ2v) is 7.00. The second kappa shape index (κ2) is 7.61. The van der Waals surface area contributed by atoms with Gasteiger partial charge in [0.25, 0.3) is 0 Å². The van der Waals surface area contributed by atoms with Crippen LogP contribution in [0.25, 0.3) is 21.9 Å². The molecule has 0 atom stereocenters. The molecule has 0 amide bonds. The maximum absolute atomic E-state index is 4.55. The summed E-state index contributed by atoms with van der Waals surface area (Å²) in [5.74, 6) is 0.856. The number of nitrogens with zero attached hydrogens (tertiary/aromatic N) is 2. The van der Waals surface area contributed by atoms with Crippen molar-refractivity contribution in [2.75, 3.05) is 24.3 Å². The smallest absolute Gasteiger partial charge is 0.130 e. The third kappa shape index (κ3) is 3.88. The van der Waals surface area contributed by atoms with E-state index in [0.717, 1.165) is 29.7 Å². The van der Waals surface area contributed by atoms with Gasteiger partial charge in [-0.3, -0.25) is 0 Å². The van der Waals surface area contributed by atoms with Gasteiger partial charge in [0.05, 0.1) is 0 Å². The summed E-state index contributed by atoms with van der Waals surface area (Å²) in [6, 6.07) is 15.2. The third-order valence-corrected chi connectivity index (χ3v) is 4.63. The van der Waals surface area contributed by atoms with Crippen molar-refractivity contribution in [2.24, 2.45) is 0 Å². The van der Waals surface area contributed by atoms with Crippen LogP contribution in [0.5, 0.6) is 0 Å². The van der Waals surface area contributed by atoms with Crippen molar-refractivity contribution in [1.82, 2.24) is 4.98 Å². The minimum Gasteiger partial charge on any atom is -0.378 e. The monoisotopic (exact) mass is 345 g/mol. The van der Waals surface area contributed by atoms with Crippen LogP contribution in [-0.4, -0.2) is 19.1 Å². The van der Waals surface area contributed by atoms with Crippen molar-refractivity contribution in [3.63, 3.8) is 0 Å². The number of benzene rings is 2. The molecular formula is C23H27N3. The van der Waals surface area contributed by atoms with Crippen LogP contribution in [0.1, 0.15) is 25.3 Å². The Bertz CT molecular complexity index is 941. The molecule has 1 heterocycles. The number of nitrogens with one attached hydrogen (secondary N) is 1. The maximum atomic E-state index is 4.55. The minimum atomic E-state index is 0.856. The van der Waals surface area contributed by atoms with Crippen LogP contribution in [0, 0.1) is 6.92 Å². The Kier molecular flexibility index (Phi) is 5.27. The second-order valence-electron chi connectivity index (χ2n) is 7.00. The summed E-state index contributed by atoms with van der Waals surface area (Å²) in [7, 11) is 4.14. The van der Waals surface area contributed by atoms with Gasteiger partial charge in [-0.15, -0.1) is 0 Å². The quantitative estimate of drug-likeness (QED) is 0.593. The summed E-state index contributed by atoms with van der Waals surface area (Å²) in [6.07, 6.45) is 3.97. The van der Waals surface area contributed by atoms with Crippen molar-refractivity contribution in [2.45, 2.75) is 26.7 Å². The molecular weight excluding hydrogens is 318 g/mol.